The molecule has 3 aromatic carbocycles. The van der Waals surface area contributed by atoms with Gasteiger partial charge in [-0.25, -0.2) is 4.79 Å². The third-order valence-corrected chi connectivity index (χ3v) is 5.11. The van der Waals surface area contributed by atoms with E-state index < -0.39 is 5.97 Å². The molecular formula is C25H18N2O2. The number of aromatic nitrogens is 2. The number of hydrogen-bond acceptors (Lipinski definition) is 3. The molecule has 0 aliphatic rings. The molecule has 2 heterocycles. The molecule has 1 N–H and O–H groups in total. The van der Waals surface area contributed by atoms with E-state index in [1.54, 1.807) is 24.4 Å². The van der Waals surface area contributed by atoms with Gasteiger partial charge in [0.1, 0.15) is 5.75 Å². The van der Waals surface area contributed by atoms with E-state index in [1.807, 2.05) is 61.5 Å². The molecule has 0 unspecified atom stereocenters. The van der Waals surface area contributed by atoms with Crippen molar-refractivity contribution in [3.05, 3.63) is 96.2 Å². The largest absolute Gasteiger partial charge is 0.423 e. The smallest absolute Gasteiger partial charge is 0.344 e. The lowest BCUT2D eigenvalue weighted by Gasteiger charge is -2.12. The van der Waals surface area contributed by atoms with Crippen LogP contribution in [0.1, 0.15) is 15.9 Å². The second-order valence-corrected chi connectivity index (χ2v) is 6.95. The van der Waals surface area contributed by atoms with Gasteiger partial charge < -0.3 is 9.72 Å². The Bertz CT molecular complexity index is 1350. The monoisotopic (exact) mass is 378 g/mol. The molecule has 0 spiro atoms. The van der Waals surface area contributed by atoms with Crippen molar-refractivity contribution < 1.29 is 9.53 Å². The maximum Gasteiger partial charge on any atom is 0.344 e. The molecule has 0 amide bonds. The van der Waals surface area contributed by atoms with Crippen LogP contribution in [0.15, 0.2) is 85.1 Å². The number of H-pyrrole nitrogens is 1. The molecule has 4 nitrogen and oxygen atoms in total. The summed E-state index contributed by atoms with van der Waals surface area (Å²) < 4.78 is 5.61. The zero-order valence-electron chi connectivity index (χ0n) is 15.8. The van der Waals surface area contributed by atoms with Crippen LogP contribution in [-0.4, -0.2) is 15.9 Å². The van der Waals surface area contributed by atoms with Gasteiger partial charge in [-0.05, 0) is 42.8 Å². The fourth-order valence-corrected chi connectivity index (χ4v) is 3.77. The summed E-state index contributed by atoms with van der Waals surface area (Å²) >= 11 is 0. The number of hydrogen-bond donors (Lipinski definition) is 1. The van der Waals surface area contributed by atoms with Crippen molar-refractivity contribution in [3.8, 4) is 17.0 Å². The first-order valence-electron chi connectivity index (χ1n) is 9.45. The lowest BCUT2D eigenvalue weighted by molar-refractivity contribution is 0.0735. The zero-order chi connectivity index (χ0) is 19.8. The normalized spacial score (nSPS) is 11.1. The Morgan fingerprint density at radius 3 is 2.52 bits per heavy atom. The predicted octanol–water partition coefficient (Wildman–Crippen LogP) is 5.91. The van der Waals surface area contributed by atoms with Gasteiger partial charge >= 0.3 is 5.97 Å². The highest BCUT2D eigenvalue weighted by Crippen LogP contribution is 2.35. The Morgan fingerprint density at radius 2 is 1.66 bits per heavy atom. The summed E-state index contributed by atoms with van der Waals surface area (Å²) in [7, 11) is 0. The van der Waals surface area contributed by atoms with Crippen LogP contribution >= 0.6 is 0 Å². The Balaban J connectivity index is 1.70. The molecule has 5 rings (SSSR count). The molecule has 5 aromatic rings. The molecule has 140 valence electrons. The molecule has 0 aliphatic heterocycles. The summed E-state index contributed by atoms with van der Waals surface area (Å²) in [5.74, 6) is 0.117. The standard InChI is InChI=1S/C25H18N2O2/c1-16-8-7-12-20(25(28)29-17-9-3-2-4-10-17)22(16)24-23-19(14-15-26-24)18-11-5-6-13-21(18)27-23/h2-15,27H,1H3. The Hall–Kier alpha value is -3.92. The van der Waals surface area contributed by atoms with E-state index >= 15 is 0 Å². The van der Waals surface area contributed by atoms with Gasteiger partial charge in [0, 0.05) is 28.0 Å². The molecule has 0 atom stereocenters. The molecule has 2 aromatic heterocycles. The molecule has 0 radical (unpaired) electrons. The number of aryl methyl sites for hydroxylation is 1. The number of aromatic amines is 1. The summed E-state index contributed by atoms with van der Waals surface area (Å²) in [6.45, 7) is 1.98. The first kappa shape index (κ1) is 17.2. The average Bonchev–Trinajstić information content (AvgIpc) is 3.13. The lowest BCUT2D eigenvalue weighted by Crippen LogP contribution is -2.11. The number of para-hydroxylation sites is 2. The van der Waals surface area contributed by atoms with Crippen LogP contribution in [0.5, 0.6) is 5.75 Å². The Kier molecular flexibility index (Phi) is 4.10. The fourth-order valence-electron chi connectivity index (χ4n) is 3.77. The number of benzene rings is 3. The molecule has 4 heteroatoms. The minimum Gasteiger partial charge on any atom is -0.423 e. The highest BCUT2D eigenvalue weighted by atomic mass is 16.5. The van der Waals surface area contributed by atoms with Gasteiger partial charge in [0.15, 0.2) is 0 Å². The van der Waals surface area contributed by atoms with Gasteiger partial charge in [0.25, 0.3) is 0 Å². The molecule has 0 bridgehead atoms. The van der Waals surface area contributed by atoms with Crippen LogP contribution < -0.4 is 4.74 Å². The van der Waals surface area contributed by atoms with E-state index in [9.17, 15) is 4.79 Å². The maximum atomic E-state index is 13.0. The number of fused-ring (bicyclic) bond motifs is 3. The molecule has 0 saturated heterocycles. The third kappa shape index (κ3) is 2.95. The minimum atomic E-state index is -0.398. The maximum absolute atomic E-state index is 13.0. The van der Waals surface area contributed by atoms with E-state index in [0.29, 0.717) is 11.3 Å². The number of nitrogens with one attached hydrogen (secondary N) is 1. The predicted molar refractivity (Wildman–Crippen MR) is 115 cm³/mol. The SMILES string of the molecule is Cc1cccc(C(=O)Oc2ccccc2)c1-c1nccc2c1[nH]c1ccccc12. The van der Waals surface area contributed by atoms with Crippen molar-refractivity contribution in [2.75, 3.05) is 0 Å². The van der Waals surface area contributed by atoms with Crippen molar-refractivity contribution in [2.24, 2.45) is 0 Å². The summed E-state index contributed by atoms with van der Waals surface area (Å²) in [6, 6.07) is 24.9. The van der Waals surface area contributed by atoms with E-state index in [2.05, 4.69) is 16.0 Å². The van der Waals surface area contributed by atoms with E-state index in [4.69, 9.17) is 4.74 Å². The molecule has 0 aliphatic carbocycles. The Morgan fingerprint density at radius 1 is 0.862 bits per heavy atom. The van der Waals surface area contributed by atoms with Crippen molar-refractivity contribution in [2.45, 2.75) is 6.92 Å². The molecule has 0 fully saturated rings. The van der Waals surface area contributed by atoms with Crippen molar-refractivity contribution in [1.29, 1.82) is 0 Å². The number of nitrogens with zero attached hydrogens (tertiary/aromatic N) is 1. The minimum absolute atomic E-state index is 0.398. The van der Waals surface area contributed by atoms with Crippen molar-refractivity contribution in [1.82, 2.24) is 9.97 Å². The Labute approximate surface area is 167 Å². The second kappa shape index (κ2) is 6.91. The van der Waals surface area contributed by atoms with Crippen LogP contribution in [0.4, 0.5) is 0 Å². The molecule has 29 heavy (non-hydrogen) atoms. The van der Waals surface area contributed by atoms with Crippen LogP contribution in [-0.2, 0) is 0 Å². The van der Waals surface area contributed by atoms with Gasteiger partial charge in [-0.3, -0.25) is 4.98 Å². The quantitative estimate of drug-likeness (QED) is 0.314. The zero-order valence-corrected chi connectivity index (χ0v) is 15.8. The average molecular weight is 378 g/mol. The highest BCUT2D eigenvalue weighted by Gasteiger charge is 2.20. The van der Waals surface area contributed by atoms with Crippen molar-refractivity contribution in [3.63, 3.8) is 0 Å². The van der Waals surface area contributed by atoms with Gasteiger partial charge in [-0.2, -0.15) is 0 Å². The highest BCUT2D eigenvalue weighted by molar-refractivity contribution is 6.12. The van der Waals surface area contributed by atoms with Gasteiger partial charge in [-0.15, -0.1) is 0 Å². The second-order valence-electron chi connectivity index (χ2n) is 6.95. The number of carbonyl (C=O) groups is 1. The lowest BCUT2D eigenvalue weighted by atomic mass is 9.97. The molecule has 0 saturated carbocycles. The fraction of sp³-hybridized carbons (Fsp3) is 0.0400. The number of rotatable bonds is 3. The first-order chi connectivity index (χ1) is 14.2. The van der Waals surface area contributed by atoms with Gasteiger partial charge in [-0.1, -0.05) is 48.5 Å². The van der Waals surface area contributed by atoms with Crippen LogP contribution in [0.2, 0.25) is 0 Å². The summed E-state index contributed by atoms with van der Waals surface area (Å²) in [4.78, 5) is 21.1. The third-order valence-electron chi connectivity index (χ3n) is 5.11. The van der Waals surface area contributed by atoms with E-state index in [0.717, 1.165) is 38.6 Å². The first-order valence-corrected chi connectivity index (χ1v) is 9.45. The summed E-state index contributed by atoms with van der Waals surface area (Å²) in [6.07, 6.45) is 1.79. The van der Waals surface area contributed by atoms with Crippen LogP contribution in [0, 0.1) is 6.92 Å². The van der Waals surface area contributed by atoms with Gasteiger partial charge in [0.05, 0.1) is 16.8 Å². The topological polar surface area (TPSA) is 55.0 Å². The number of carbonyl (C=O) groups excluding carboxylic acids is 1. The number of esters is 1. The molecular weight excluding hydrogens is 360 g/mol. The van der Waals surface area contributed by atoms with Gasteiger partial charge in [0.2, 0.25) is 0 Å². The summed E-state index contributed by atoms with van der Waals surface area (Å²) in [5.41, 5.74) is 4.94. The van der Waals surface area contributed by atoms with Crippen LogP contribution in [0.3, 0.4) is 0 Å². The van der Waals surface area contributed by atoms with Crippen LogP contribution in [0.25, 0.3) is 33.1 Å². The number of pyridine rings is 1. The number of ether oxygens (including phenoxy) is 1. The summed E-state index contributed by atoms with van der Waals surface area (Å²) in [5, 5.41) is 2.21. The van der Waals surface area contributed by atoms with E-state index in [-0.39, 0.29) is 0 Å². The van der Waals surface area contributed by atoms with E-state index in [1.165, 1.54) is 0 Å². The van der Waals surface area contributed by atoms with Crippen molar-refractivity contribution >= 4 is 27.8 Å².